The number of carbonyl (C=O) groups is 1. The minimum atomic E-state index is -1.68. The maximum absolute atomic E-state index is 10.8. The third-order valence-corrected chi connectivity index (χ3v) is 1.97. The largest absolute Gasteiger partial charge is 0.331 e. The van der Waals surface area contributed by atoms with Gasteiger partial charge in [0.25, 0.3) is 0 Å². The second kappa shape index (κ2) is 4.33. The highest BCUT2D eigenvalue weighted by atomic mass is 35.6. The van der Waals surface area contributed by atoms with Crippen LogP contribution in [-0.4, -0.2) is 24.5 Å². The van der Waals surface area contributed by atoms with Crippen molar-refractivity contribution in [1.82, 2.24) is 20.1 Å². The first kappa shape index (κ1) is 11.6. The molecule has 1 N–H and O–H groups in total. The van der Waals surface area contributed by atoms with E-state index in [9.17, 15) is 4.79 Å². The van der Waals surface area contributed by atoms with Crippen molar-refractivity contribution in [3.05, 3.63) is 12.7 Å². The molecule has 0 radical (unpaired) electrons. The summed E-state index contributed by atoms with van der Waals surface area (Å²) in [7, 11) is 0. The number of amides is 1. The number of hydrogen-bond donors (Lipinski definition) is 1. The Balaban J connectivity index is 2.89. The second-order valence-electron chi connectivity index (χ2n) is 2.52. The van der Waals surface area contributed by atoms with E-state index in [1.807, 2.05) is 0 Å². The van der Waals surface area contributed by atoms with Crippen LogP contribution >= 0.6 is 34.8 Å². The van der Waals surface area contributed by atoms with Gasteiger partial charge in [-0.1, -0.05) is 34.8 Å². The average molecular weight is 258 g/mol. The summed E-state index contributed by atoms with van der Waals surface area (Å²) in [5, 5.41) is 6.22. The molecule has 0 saturated heterocycles. The van der Waals surface area contributed by atoms with Gasteiger partial charge in [-0.3, -0.25) is 4.79 Å². The fourth-order valence-corrected chi connectivity index (χ4v) is 1.30. The van der Waals surface area contributed by atoms with Crippen molar-refractivity contribution >= 4 is 40.7 Å². The summed E-state index contributed by atoms with van der Waals surface area (Å²) in [5.41, 5.74) is 0. The minimum Gasteiger partial charge on any atom is -0.331 e. The maximum Gasteiger partial charge on any atom is 0.230 e. The van der Waals surface area contributed by atoms with E-state index in [-0.39, 0.29) is 5.91 Å². The molecule has 5 nitrogen and oxygen atoms in total. The normalized spacial score (nSPS) is 13.7. The average Bonchev–Trinajstić information content (AvgIpc) is 2.49. The van der Waals surface area contributed by atoms with E-state index in [2.05, 4.69) is 15.4 Å². The van der Waals surface area contributed by atoms with Crippen LogP contribution < -0.4 is 5.32 Å². The van der Waals surface area contributed by atoms with E-state index in [0.29, 0.717) is 0 Å². The van der Waals surface area contributed by atoms with Crippen molar-refractivity contribution in [2.75, 3.05) is 0 Å². The standard InChI is InChI=1S/C6H7Cl3N4O/c1-4(14)12-5(6(7,8)9)13-3-10-2-11-13/h2-3,5H,1H3,(H,12,14). The predicted octanol–water partition coefficient (Wildman–Crippen LogP) is 1.28. The van der Waals surface area contributed by atoms with Gasteiger partial charge in [0, 0.05) is 6.92 Å². The first-order valence-corrected chi connectivity index (χ1v) is 4.72. The maximum atomic E-state index is 10.8. The molecular formula is C6H7Cl3N4O. The molecule has 0 bridgehead atoms. The number of halogens is 3. The Labute approximate surface area is 95.3 Å². The Morgan fingerprint density at radius 1 is 1.57 bits per heavy atom. The molecule has 14 heavy (non-hydrogen) atoms. The van der Waals surface area contributed by atoms with Gasteiger partial charge in [-0.25, -0.2) is 9.67 Å². The molecule has 78 valence electrons. The molecule has 1 unspecified atom stereocenters. The molecule has 1 rings (SSSR count). The predicted molar refractivity (Wildman–Crippen MR) is 53.2 cm³/mol. The molecule has 0 fully saturated rings. The Morgan fingerprint density at radius 2 is 2.21 bits per heavy atom. The van der Waals surface area contributed by atoms with Crippen molar-refractivity contribution < 1.29 is 4.79 Å². The number of alkyl halides is 3. The molecule has 0 aliphatic rings. The van der Waals surface area contributed by atoms with Gasteiger partial charge in [0.1, 0.15) is 12.7 Å². The number of hydrogen-bond acceptors (Lipinski definition) is 3. The molecule has 1 aromatic rings. The monoisotopic (exact) mass is 256 g/mol. The highest BCUT2D eigenvalue weighted by Crippen LogP contribution is 2.35. The van der Waals surface area contributed by atoms with Crippen LogP contribution in [0.2, 0.25) is 0 Å². The lowest BCUT2D eigenvalue weighted by Gasteiger charge is -2.24. The first-order chi connectivity index (χ1) is 6.41. The van der Waals surface area contributed by atoms with Gasteiger partial charge in [0.05, 0.1) is 0 Å². The van der Waals surface area contributed by atoms with E-state index >= 15 is 0 Å². The molecule has 1 amide bonds. The molecular weight excluding hydrogens is 250 g/mol. The lowest BCUT2D eigenvalue weighted by atomic mass is 10.5. The Morgan fingerprint density at radius 3 is 2.57 bits per heavy atom. The van der Waals surface area contributed by atoms with Crippen LogP contribution in [-0.2, 0) is 4.79 Å². The van der Waals surface area contributed by atoms with Crippen LogP contribution in [0.3, 0.4) is 0 Å². The summed E-state index contributed by atoms with van der Waals surface area (Å²) in [6.45, 7) is 1.32. The fourth-order valence-electron chi connectivity index (χ4n) is 0.841. The number of carbonyl (C=O) groups excluding carboxylic acids is 1. The summed E-state index contributed by atoms with van der Waals surface area (Å²) in [4.78, 5) is 14.5. The summed E-state index contributed by atoms with van der Waals surface area (Å²) >= 11 is 17.0. The lowest BCUT2D eigenvalue weighted by molar-refractivity contribution is -0.120. The van der Waals surface area contributed by atoms with Gasteiger partial charge in [0.15, 0.2) is 6.17 Å². The van der Waals surface area contributed by atoms with E-state index in [0.717, 1.165) is 0 Å². The summed E-state index contributed by atoms with van der Waals surface area (Å²) in [5.74, 6) is -0.322. The zero-order valence-electron chi connectivity index (χ0n) is 7.12. The Kier molecular flexibility index (Phi) is 3.58. The zero-order chi connectivity index (χ0) is 10.8. The van der Waals surface area contributed by atoms with Crippen molar-refractivity contribution in [2.24, 2.45) is 0 Å². The molecule has 0 aliphatic carbocycles. The van der Waals surface area contributed by atoms with Gasteiger partial charge >= 0.3 is 0 Å². The van der Waals surface area contributed by atoms with Gasteiger partial charge in [0.2, 0.25) is 9.70 Å². The second-order valence-corrected chi connectivity index (χ2v) is 4.89. The van der Waals surface area contributed by atoms with Gasteiger partial charge in [-0.15, -0.1) is 0 Å². The molecule has 1 aromatic heterocycles. The smallest absolute Gasteiger partial charge is 0.230 e. The van der Waals surface area contributed by atoms with Crippen LogP contribution in [0.4, 0.5) is 0 Å². The van der Waals surface area contributed by atoms with Crippen molar-refractivity contribution in [1.29, 1.82) is 0 Å². The molecule has 8 heteroatoms. The van der Waals surface area contributed by atoms with Crippen LogP contribution in [0.25, 0.3) is 0 Å². The summed E-state index contributed by atoms with van der Waals surface area (Å²) in [6, 6.07) is 0. The van der Waals surface area contributed by atoms with Crippen molar-refractivity contribution in [3.63, 3.8) is 0 Å². The molecule has 0 aliphatic heterocycles. The van der Waals surface area contributed by atoms with E-state index in [1.165, 1.54) is 24.3 Å². The third-order valence-electron chi connectivity index (χ3n) is 1.35. The van der Waals surface area contributed by atoms with Crippen LogP contribution in [0.1, 0.15) is 13.1 Å². The van der Waals surface area contributed by atoms with Crippen LogP contribution in [0, 0.1) is 0 Å². The Hall–Kier alpha value is -0.520. The summed E-state index contributed by atoms with van der Waals surface area (Å²) in [6.07, 6.45) is 1.76. The van der Waals surface area contributed by atoms with Gasteiger partial charge in [-0.2, -0.15) is 5.10 Å². The minimum absolute atomic E-state index is 0.322. The van der Waals surface area contributed by atoms with Gasteiger partial charge in [-0.05, 0) is 0 Å². The third kappa shape index (κ3) is 3.01. The van der Waals surface area contributed by atoms with E-state index in [4.69, 9.17) is 34.8 Å². The SMILES string of the molecule is CC(=O)NC(n1cncn1)C(Cl)(Cl)Cl. The Bertz CT molecular complexity index is 307. The molecule has 0 saturated carbocycles. The van der Waals surface area contributed by atoms with E-state index in [1.54, 1.807) is 0 Å². The van der Waals surface area contributed by atoms with Gasteiger partial charge < -0.3 is 5.32 Å². The highest BCUT2D eigenvalue weighted by Gasteiger charge is 2.35. The number of nitrogens with one attached hydrogen (secondary N) is 1. The van der Waals surface area contributed by atoms with Crippen molar-refractivity contribution in [2.45, 2.75) is 16.9 Å². The number of rotatable bonds is 2. The first-order valence-electron chi connectivity index (χ1n) is 3.59. The van der Waals surface area contributed by atoms with E-state index < -0.39 is 9.96 Å². The quantitative estimate of drug-likeness (QED) is 0.812. The number of nitrogens with zero attached hydrogens (tertiary/aromatic N) is 3. The number of aromatic nitrogens is 3. The summed E-state index contributed by atoms with van der Waals surface area (Å²) < 4.78 is -0.423. The molecule has 0 aromatic carbocycles. The topological polar surface area (TPSA) is 59.8 Å². The van der Waals surface area contributed by atoms with Crippen LogP contribution in [0.15, 0.2) is 12.7 Å². The van der Waals surface area contributed by atoms with Crippen molar-refractivity contribution in [3.8, 4) is 0 Å². The van der Waals surface area contributed by atoms with Crippen LogP contribution in [0.5, 0.6) is 0 Å². The highest BCUT2D eigenvalue weighted by molar-refractivity contribution is 6.67. The zero-order valence-corrected chi connectivity index (χ0v) is 9.38. The molecule has 1 atom stereocenters. The molecule has 1 heterocycles. The molecule has 0 spiro atoms. The lowest BCUT2D eigenvalue weighted by Crippen LogP contribution is -2.39. The fraction of sp³-hybridized carbons (Fsp3) is 0.500.